The third-order valence-electron chi connectivity index (χ3n) is 3.39. The molecule has 0 unspecified atom stereocenters. The van der Waals surface area contributed by atoms with Crippen LogP contribution in [0.1, 0.15) is 31.1 Å². The minimum atomic E-state index is -0.171. The number of halogens is 1. The zero-order valence-electron chi connectivity index (χ0n) is 13.7. The van der Waals surface area contributed by atoms with Gasteiger partial charge in [0.2, 0.25) is 0 Å². The van der Waals surface area contributed by atoms with Crippen molar-refractivity contribution in [3.05, 3.63) is 22.7 Å². The van der Waals surface area contributed by atoms with Crippen molar-refractivity contribution in [2.45, 2.75) is 20.8 Å². The van der Waals surface area contributed by atoms with Crippen LogP contribution >= 0.6 is 11.6 Å². The largest absolute Gasteiger partial charge is 0.493 e. The molecule has 0 saturated heterocycles. The minimum Gasteiger partial charge on any atom is -0.493 e. The van der Waals surface area contributed by atoms with Crippen LogP contribution in [0.3, 0.4) is 0 Å². The Bertz CT molecular complexity index is 491. The van der Waals surface area contributed by atoms with Crippen molar-refractivity contribution in [1.29, 1.82) is 0 Å². The monoisotopic (exact) mass is 328 g/mol. The highest BCUT2D eigenvalue weighted by molar-refractivity contribution is 6.32. The molecule has 1 aromatic carbocycles. The normalized spacial score (nSPS) is 10.6. The Morgan fingerprint density at radius 1 is 1.27 bits per heavy atom. The van der Waals surface area contributed by atoms with Crippen molar-refractivity contribution in [1.82, 2.24) is 10.2 Å². The summed E-state index contributed by atoms with van der Waals surface area (Å²) in [5.41, 5.74) is 0.463. The van der Waals surface area contributed by atoms with Crippen LogP contribution < -0.4 is 14.8 Å². The number of amides is 1. The summed E-state index contributed by atoms with van der Waals surface area (Å²) in [7, 11) is 1.52. The van der Waals surface area contributed by atoms with Crippen LogP contribution in [-0.4, -0.2) is 50.7 Å². The molecule has 0 aliphatic heterocycles. The zero-order valence-corrected chi connectivity index (χ0v) is 14.5. The molecule has 0 aliphatic rings. The van der Waals surface area contributed by atoms with Gasteiger partial charge in [0.1, 0.15) is 0 Å². The summed E-state index contributed by atoms with van der Waals surface area (Å²) < 4.78 is 10.7. The van der Waals surface area contributed by atoms with Crippen LogP contribution in [-0.2, 0) is 0 Å². The fourth-order valence-electron chi connectivity index (χ4n) is 2.10. The molecule has 6 heteroatoms. The van der Waals surface area contributed by atoms with Gasteiger partial charge in [-0.2, -0.15) is 0 Å². The van der Waals surface area contributed by atoms with Crippen LogP contribution in [0, 0.1) is 0 Å². The average molecular weight is 329 g/mol. The van der Waals surface area contributed by atoms with Gasteiger partial charge in [-0.3, -0.25) is 4.79 Å². The van der Waals surface area contributed by atoms with Gasteiger partial charge in [-0.1, -0.05) is 25.4 Å². The number of hydrogen-bond donors (Lipinski definition) is 1. The highest BCUT2D eigenvalue weighted by Gasteiger charge is 2.15. The van der Waals surface area contributed by atoms with Crippen LogP contribution in [0.4, 0.5) is 0 Å². The molecule has 0 fully saturated rings. The van der Waals surface area contributed by atoms with Crippen LogP contribution in [0.2, 0.25) is 5.02 Å². The first-order valence-corrected chi connectivity index (χ1v) is 7.95. The van der Waals surface area contributed by atoms with Crippen LogP contribution in [0.5, 0.6) is 11.5 Å². The quantitative estimate of drug-likeness (QED) is 0.757. The van der Waals surface area contributed by atoms with E-state index in [4.69, 9.17) is 21.1 Å². The first-order valence-electron chi connectivity index (χ1n) is 7.58. The predicted octanol–water partition coefficient (Wildman–Crippen LogP) is 2.82. The lowest BCUT2D eigenvalue weighted by molar-refractivity contribution is 0.0948. The first kappa shape index (κ1) is 18.6. The number of ether oxygens (including phenoxy) is 2. The van der Waals surface area contributed by atoms with Gasteiger partial charge in [0.25, 0.3) is 5.91 Å². The molecule has 0 aromatic heterocycles. The maximum Gasteiger partial charge on any atom is 0.251 e. The van der Waals surface area contributed by atoms with Gasteiger partial charge in [-0.05, 0) is 32.1 Å². The summed E-state index contributed by atoms with van der Waals surface area (Å²) in [4.78, 5) is 14.4. The number of likely N-dealkylation sites (N-methyl/N-ethyl adjacent to an activating group) is 1. The highest BCUT2D eigenvalue weighted by Crippen LogP contribution is 2.36. The minimum absolute atomic E-state index is 0.171. The smallest absolute Gasteiger partial charge is 0.251 e. The third kappa shape index (κ3) is 5.07. The third-order valence-corrected chi connectivity index (χ3v) is 3.67. The lowest BCUT2D eigenvalue weighted by Crippen LogP contribution is -2.34. The fraction of sp³-hybridized carbons (Fsp3) is 0.562. The van der Waals surface area contributed by atoms with Crippen molar-refractivity contribution < 1.29 is 14.3 Å². The molecule has 0 bridgehead atoms. The molecule has 1 N–H and O–H groups in total. The number of benzene rings is 1. The lowest BCUT2D eigenvalue weighted by atomic mass is 10.2. The van der Waals surface area contributed by atoms with E-state index in [1.165, 1.54) is 7.11 Å². The first-order chi connectivity index (χ1) is 10.6. The second-order valence-corrected chi connectivity index (χ2v) is 5.11. The van der Waals surface area contributed by atoms with Crippen LogP contribution in [0.25, 0.3) is 0 Å². The molecule has 1 aromatic rings. The van der Waals surface area contributed by atoms with Gasteiger partial charge >= 0.3 is 0 Å². The van der Waals surface area contributed by atoms with Crippen LogP contribution in [0.15, 0.2) is 12.1 Å². The topological polar surface area (TPSA) is 50.8 Å². The van der Waals surface area contributed by atoms with E-state index in [9.17, 15) is 4.79 Å². The van der Waals surface area contributed by atoms with E-state index in [0.717, 1.165) is 19.6 Å². The van der Waals surface area contributed by atoms with Gasteiger partial charge in [-0.15, -0.1) is 0 Å². The number of nitrogens with one attached hydrogen (secondary N) is 1. The Hall–Kier alpha value is -1.46. The van der Waals surface area contributed by atoms with E-state index < -0.39 is 0 Å². The molecule has 5 nitrogen and oxygen atoms in total. The summed E-state index contributed by atoms with van der Waals surface area (Å²) in [5, 5.41) is 3.26. The van der Waals surface area contributed by atoms with Gasteiger partial charge in [0.05, 0.1) is 18.7 Å². The summed E-state index contributed by atoms with van der Waals surface area (Å²) in [6, 6.07) is 3.24. The Labute approximate surface area is 137 Å². The second kappa shape index (κ2) is 9.54. The lowest BCUT2D eigenvalue weighted by Gasteiger charge is -2.18. The predicted molar refractivity (Wildman–Crippen MR) is 89.3 cm³/mol. The number of methoxy groups -OCH3 is 1. The van der Waals surface area contributed by atoms with Crippen molar-refractivity contribution in [3.63, 3.8) is 0 Å². The van der Waals surface area contributed by atoms with E-state index in [0.29, 0.717) is 35.2 Å². The molecule has 1 amide bonds. The van der Waals surface area contributed by atoms with E-state index in [1.54, 1.807) is 12.1 Å². The molecule has 0 saturated carbocycles. The molecule has 124 valence electrons. The van der Waals surface area contributed by atoms with Crippen molar-refractivity contribution in [2.75, 3.05) is 39.9 Å². The summed E-state index contributed by atoms with van der Waals surface area (Å²) in [6.45, 7) is 9.89. The average Bonchev–Trinajstić information content (AvgIpc) is 2.53. The Balaban J connectivity index is 2.75. The van der Waals surface area contributed by atoms with Crippen molar-refractivity contribution >= 4 is 17.5 Å². The van der Waals surface area contributed by atoms with Crippen molar-refractivity contribution in [3.8, 4) is 11.5 Å². The molecule has 0 aliphatic carbocycles. The maximum absolute atomic E-state index is 12.2. The second-order valence-electron chi connectivity index (χ2n) is 4.71. The summed E-state index contributed by atoms with van der Waals surface area (Å²) in [5.74, 6) is 0.755. The molecular formula is C16H25ClN2O3. The summed E-state index contributed by atoms with van der Waals surface area (Å²) in [6.07, 6.45) is 0. The van der Waals surface area contributed by atoms with Gasteiger partial charge in [0.15, 0.2) is 11.5 Å². The molecule has 0 spiro atoms. The van der Waals surface area contributed by atoms with E-state index in [-0.39, 0.29) is 5.91 Å². The Kier molecular flexibility index (Phi) is 8.06. The van der Waals surface area contributed by atoms with Gasteiger partial charge < -0.3 is 19.7 Å². The zero-order chi connectivity index (χ0) is 16.5. The number of carbonyl (C=O) groups is 1. The van der Waals surface area contributed by atoms with E-state index >= 15 is 0 Å². The number of rotatable bonds is 9. The van der Waals surface area contributed by atoms with Crippen molar-refractivity contribution in [2.24, 2.45) is 0 Å². The van der Waals surface area contributed by atoms with Gasteiger partial charge in [0, 0.05) is 18.7 Å². The van der Waals surface area contributed by atoms with E-state index in [1.807, 2.05) is 6.92 Å². The highest BCUT2D eigenvalue weighted by atomic mass is 35.5. The SMILES string of the molecule is CCOc1c(Cl)cc(C(=O)NCCN(CC)CC)cc1OC. The molecule has 0 radical (unpaired) electrons. The number of nitrogens with zero attached hydrogens (tertiary/aromatic N) is 1. The summed E-state index contributed by atoms with van der Waals surface area (Å²) >= 11 is 6.17. The molecule has 22 heavy (non-hydrogen) atoms. The standard InChI is InChI=1S/C16H25ClN2O3/c1-5-19(6-2)9-8-18-16(20)12-10-13(17)15(22-7-3)14(11-12)21-4/h10-11H,5-9H2,1-4H3,(H,18,20). The Morgan fingerprint density at radius 2 is 1.95 bits per heavy atom. The van der Waals surface area contributed by atoms with E-state index in [2.05, 4.69) is 24.1 Å². The number of hydrogen-bond acceptors (Lipinski definition) is 4. The molecule has 0 heterocycles. The number of carbonyl (C=O) groups excluding carboxylic acids is 1. The maximum atomic E-state index is 12.2. The Morgan fingerprint density at radius 3 is 2.50 bits per heavy atom. The van der Waals surface area contributed by atoms with Gasteiger partial charge in [-0.25, -0.2) is 0 Å². The molecule has 1 rings (SSSR count). The molecule has 0 atom stereocenters. The molecular weight excluding hydrogens is 304 g/mol. The fourth-order valence-corrected chi connectivity index (χ4v) is 2.37.